The van der Waals surface area contributed by atoms with Gasteiger partial charge in [0.2, 0.25) is 5.91 Å². The van der Waals surface area contributed by atoms with Crippen LogP contribution in [0.2, 0.25) is 0 Å². The summed E-state index contributed by atoms with van der Waals surface area (Å²) in [6, 6.07) is 10.9. The van der Waals surface area contributed by atoms with Crippen LogP contribution in [0, 0.1) is 5.92 Å². The van der Waals surface area contributed by atoms with Gasteiger partial charge in [0.1, 0.15) is 0 Å². The second-order valence-corrected chi connectivity index (χ2v) is 5.90. The van der Waals surface area contributed by atoms with Gasteiger partial charge in [-0.15, -0.1) is 0 Å². The molecule has 1 aromatic carbocycles. The number of nitrogens with zero attached hydrogens (tertiary/aromatic N) is 1. The quantitative estimate of drug-likeness (QED) is 0.872. The summed E-state index contributed by atoms with van der Waals surface area (Å²) < 4.78 is 4.94. The Morgan fingerprint density at radius 3 is 2.81 bits per heavy atom. The third kappa shape index (κ3) is 5.14. The molecule has 1 heterocycles. The Labute approximate surface area is 127 Å². The number of methoxy groups -OCH3 is 1. The van der Waals surface area contributed by atoms with Crippen molar-refractivity contribution in [3.63, 3.8) is 0 Å². The lowest BCUT2D eigenvalue weighted by Crippen LogP contribution is -2.49. The minimum atomic E-state index is 0.102. The van der Waals surface area contributed by atoms with Crippen molar-refractivity contribution in [2.24, 2.45) is 5.92 Å². The Morgan fingerprint density at radius 2 is 2.14 bits per heavy atom. The summed E-state index contributed by atoms with van der Waals surface area (Å²) in [4.78, 5) is 14.3. The topological polar surface area (TPSA) is 41.6 Å². The third-order valence-electron chi connectivity index (χ3n) is 4.12. The molecule has 1 saturated heterocycles. The molecule has 2 rings (SSSR count). The van der Waals surface area contributed by atoms with E-state index < -0.39 is 0 Å². The molecule has 0 unspecified atom stereocenters. The lowest BCUT2D eigenvalue weighted by Gasteiger charge is -2.37. The molecule has 1 N–H and O–H groups in total. The van der Waals surface area contributed by atoms with E-state index in [0.29, 0.717) is 25.0 Å². The van der Waals surface area contributed by atoms with E-state index in [-0.39, 0.29) is 5.91 Å². The van der Waals surface area contributed by atoms with Gasteiger partial charge in [0.25, 0.3) is 0 Å². The summed E-state index contributed by atoms with van der Waals surface area (Å²) in [6.45, 7) is 5.78. The highest BCUT2D eigenvalue weighted by Crippen LogP contribution is 2.19. The van der Waals surface area contributed by atoms with Crippen LogP contribution in [0.25, 0.3) is 0 Å². The van der Waals surface area contributed by atoms with Gasteiger partial charge in [0.15, 0.2) is 0 Å². The lowest BCUT2D eigenvalue weighted by molar-refractivity contribution is -0.123. The maximum atomic E-state index is 11.8. The van der Waals surface area contributed by atoms with E-state index in [9.17, 15) is 4.79 Å². The number of rotatable bonds is 6. The maximum absolute atomic E-state index is 11.8. The van der Waals surface area contributed by atoms with Crippen molar-refractivity contribution in [2.75, 3.05) is 26.8 Å². The van der Waals surface area contributed by atoms with Crippen molar-refractivity contribution in [3.05, 3.63) is 35.9 Å². The number of benzene rings is 1. The van der Waals surface area contributed by atoms with Crippen molar-refractivity contribution < 1.29 is 9.53 Å². The summed E-state index contributed by atoms with van der Waals surface area (Å²) in [5.41, 5.74) is 1.35. The van der Waals surface area contributed by atoms with Crippen molar-refractivity contribution in [1.29, 1.82) is 0 Å². The number of carbonyl (C=O) groups excluding carboxylic acids is 1. The van der Waals surface area contributed by atoms with Crippen LogP contribution in [-0.4, -0.2) is 43.7 Å². The maximum Gasteiger partial charge on any atom is 0.222 e. The second kappa shape index (κ2) is 8.15. The highest BCUT2D eigenvalue weighted by molar-refractivity contribution is 5.76. The van der Waals surface area contributed by atoms with Crippen molar-refractivity contribution in [2.45, 2.75) is 32.4 Å². The van der Waals surface area contributed by atoms with Gasteiger partial charge in [0.05, 0.1) is 6.61 Å². The smallest absolute Gasteiger partial charge is 0.222 e. The molecule has 0 bridgehead atoms. The van der Waals surface area contributed by atoms with Gasteiger partial charge in [0, 0.05) is 39.2 Å². The molecule has 21 heavy (non-hydrogen) atoms. The molecule has 1 aliphatic rings. The van der Waals surface area contributed by atoms with Gasteiger partial charge in [-0.25, -0.2) is 0 Å². The van der Waals surface area contributed by atoms with Gasteiger partial charge in [-0.2, -0.15) is 0 Å². The normalized spacial score (nSPS) is 23.0. The number of hydrogen-bond donors (Lipinski definition) is 1. The van der Waals surface area contributed by atoms with E-state index in [0.717, 1.165) is 26.1 Å². The number of likely N-dealkylation sites (tertiary alicyclic amines) is 1. The van der Waals surface area contributed by atoms with Crippen LogP contribution in [-0.2, 0) is 16.1 Å². The molecule has 0 aliphatic carbocycles. The fraction of sp³-hybridized carbons (Fsp3) is 0.588. The van der Waals surface area contributed by atoms with Gasteiger partial charge in [-0.05, 0) is 17.9 Å². The van der Waals surface area contributed by atoms with Crippen LogP contribution < -0.4 is 5.32 Å². The number of nitrogens with one attached hydrogen (secondary N) is 1. The Morgan fingerprint density at radius 1 is 1.38 bits per heavy atom. The third-order valence-corrected chi connectivity index (χ3v) is 4.12. The SMILES string of the molecule is COCCC(=O)N[C@H]1CCN(Cc2ccccc2)C[C@@H]1C. The predicted octanol–water partition coefficient (Wildman–Crippen LogP) is 2.05. The fourth-order valence-corrected chi connectivity index (χ4v) is 2.91. The first-order valence-corrected chi connectivity index (χ1v) is 7.73. The minimum absolute atomic E-state index is 0.102. The average molecular weight is 290 g/mol. The first-order valence-electron chi connectivity index (χ1n) is 7.73. The van der Waals surface area contributed by atoms with Crippen molar-refractivity contribution in [3.8, 4) is 0 Å². The largest absolute Gasteiger partial charge is 0.384 e. The molecule has 4 heteroatoms. The summed E-state index contributed by atoms with van der Waals surface area (Å²) in [6.07, 6.45) is 1.47. The molecule has 0 spiro atoms. The van der Waals surface area contributed by atoms with Gasteiger partial charge < -0.3 is 10.1 Å². The van der Waals surface area contributed by atoms with E-state index in [2.05, 4.69) is 41.4 Å². The number of piperidine rings is 1. The summed E-state index contributed by atoms with van der Waals surface area (Å²) in [7, 11) is 1.62. The molecule has 1 aromatic rings. The van der Waals surface area contributed by atoms with Crippen LogP contribution >= 0.6 is 0 Å². The average Bonchev–Trinajstić information content (AvgIpc) is 2.49. The van der Waals surface area contributed by atoms with Gasteiger partial charge in [-0.1, -0.05) is 37.3 Å². The Hall–Kier alpha value is -1.39. The van der Waals surface area contributed by atoms with Crippen LogP contribution in [0.15, 0.2) is 30.3 Å². The van der Waals surface area contributed by atoms with Crippen LogP contribution in [0.3, 0.4) is 0 Å². The number of ether oxygens (including phenoxy) is 1. The molecule has 0 aromatic heterocycles. The Kier molecular flexibility index (Phi) is 6.21. The Balaban J connectivity index is 1.78. The zero-order chi connectivity index (χ0) is 15.1. The summed E-state index contributed by atoms with van der Waals surface area (Å²) >= 11 is 0. The predicted molar refractivity (Wildman–Crippen MR) is 83.9 cm³/mol. The second-order valence-electron chi connectivity index (χ2n) is 5.90. The van der Waals surface area contributed by atoms with Gasteiger partial charge in [-0.3, -0.25) is 9.69 Å². The van der Waals surface area contributed by atoms with Crippen molar-refractivity contribution in [1.82, 2.24) is 10.2 Å². The molecule has 116 valence electrons. The summed E-state index contributed by atoms with van der Waals surface area (Å²) in [5.74, 6) is 0.583. The summed E-state index contributed by atoms with van der Waals surface area (Å²) in [5, 5.41) is 3.14. The molecular formula is C17H26N2O2. The number of hydrogen-bond acceptors (Lipinski definition) is 3. The van der Waals surface area contributed by atoms with E-state index in [1.165, 1.54) is 5.56 Å². The molecule has 1 amide bonds. The molecule has 2 atom stereocenters. The molecule has 4 nitrogen and oxygen atoms in total. The molecule has 0 radical (unpaired) electrons. The minimum Gasteiger partial charge on any atom is -0.384 e. The zero-order valence-electron chi connectivity index (χ0n) is 13.0. The molecular weight excluding hydrogens is 264 g/mol. The van der Waals surface area contributed by atoms with Crippen molar-refractivity contribution >= 4 is 5.91 Å². The standard InChI is InChI=1S/C17H26N2O2/c1-14-12-19(13-15-6-4-3-5-7-15)10-8-16(14)18-17(20)9-11-21-2/h3-7,14,16H,8-13H2,1-2H3,(H,18,20)/t14-,16-/m0/s1. The lowest BCUT2D eigenvalue weighted by atomic mass is 9.93. The van der Waals surface area contributed by atoms with E-state index in [1.807, 2.05) is 6.07 Å². The first-order chi connectivity index (χ1) is 10.2. The van der Waals surface area contributed by atoms with E-state index >= 15 is 0 Å². The highest BCUT2D eigenvalue weighted by atomic mass is 16.5. The molecule has 1 aliphatic heterocycles. The monoisotopic (exact) mass is 290 g/mol. The van der Waals surface area contributed by atoms with E-state index in [1.54, 1.807) is 7.11 Å². The number of carbonyl (C=O) groups is 1. The van der Waals surface area contributed by atoms with Crippen LogP contribution in [0.4, 0.5) is 0 Å². The fourth-order valence-electron chi connectivity index (χ4n) is 2.91. The van der Waals surface area contributed by atoms with Crippen LogP contribution in [0.5, 0.6) is 0 Å². The zero-order valence-corrected chi connectivity index (χ0v) is 13.0. The highest BCUT2D eigenvalue weighted by Gasteiger charge is 2.26. The molecule has 0 saturated carbocycles. The number of amides is 1. The Bertz CT molecular complexity index is 436. The molecule has 1 fully saturated rings. The van der Waals surface area contributed by atoms with Crippen LogP contribution in [0.1, 0.15) is 25.3 Å². The van der Waals surface area contributed by atoms with E-state index in [4.69, 9.17) is 4.74 Å². The first kappa shape index (κ1) is 16.0. The van der Waals surface area contributed by atoms with Gasteiger partial charge >= 0.3 is 0 Å².